The standard InChI is InChI=1S/C13H17N3/c1-3-7-16-8-6-15-13(16)11-4-5-12(14)10(2)9-11/h4-6,8-9H,3,7,14H2,1-2H3. The van der Waals surface area contributed by atoms with E-state index in [4.69, 9.17) is 5.73 Å². The first-order valence-electron chi connectivity index (χ1n) is 5.60. The largest absolute Gasteiger partial charge is 0.399 e. The van der Waals surface area contributed by atoms with Crippen molar-refractivity contribution >= 4 is 5.69 Å². The highest BCUT2D eigenvalue weighted by Gasteiger charge is 2.06. The Morgan fingerprint density at radius 1 is 1.38 bits per heavy atom. The molecule has 16 heavy (non-hydrogen) atoms. The molecule has 0 unspecified atom stereocenters. The van der Waals surface area contributed by atoms with E-state index in [2.05, 4.69) is 22.5 Å². The molecule has 2 aromatic rings. The van der Waals surface area contributed by atoms with Crippen molar-refractivity contribution in [3.8, 4) is 11.4 Å². The average molecular weight is 215 g/mol. The Hall–Kier alpha value is -1.77. The number of hydrogen-bond donors (Lipinski definition) is 1. The molecular formula is C13H17N3. The van der Waals surface area contributed by atoms with E-state index >= 15 is 0 Å². The molecule has 0 amide bonds. The second-order valence-corrected chi connectivity index (χ2v) is 4.02. The molecule has 2 rings (SSSR count). The first kappa shape index (κ1) is 10.7. The zero-order chi connectivity index (χ0) is 11.5. The van der Waals surface area contributed by atoms with Crippen LogP contribution in [0.25, 0.3) is 11.4 Å². The molecule has 1 aromatic carbocycles. The molecule has 0 radical (unpaired) electrons. The van der Waals surface area contributed by atoms with E-state index in [-0.39, 0.29) is 0 Å². The molecule has 3 heteroatoms. The monoisotopic (exact) mass is 215 g/mol. The van der Waals surface area contributed by atoms with E-state index in [9.17, 15) is 0 Å². The van der Waals surface area contributed by atoms with Gasteiger partial charge in [0.15, 0.2) is 0 Å². The molecule has 0 bridgehead atoms. The first-order valence-corrected chi connectivity index (χ1v) is 5.60. The van der Waals surface area contributed by atoms with Crippen molar-refractivity contribution in [2.75, 3.05) is 5.73 Å². The molecule has 0 aliphatic carbocycles. The number of nitrogen functional groups attached to an aromatic ring is 1. The Kier molecular flexibility index (Phi) is 2.95. The van der Waals surface area contributed by atoms with Gasteiger partial charge in [-0.05, 0) is 37.1 Å². The molecule has 0 saturated heterocycles. The Bertz CT molecular complexity index is 486. The number of imidazole rings is 1. The molecule has 0 atom stereocenters. The van der Waals surface area contributed by atoms with Gasteiger partial charge in [-0.2, -0.15) is 0 Å². The molecule has 0 aliphatic rings. The normalized spacial score (nSPS) is 10.6. The molecule has 0 saturated carbocycles. The van der Waals surface area contributed by atoms with Crippen LogP contribution in [-0.4, -0.2) is 9.55 Å². The highest BCUT2D eigenvalue weighted by molar-refractivity contribution is 5.62. The lowest BCUT2D eigenvalue weighted by Crippen LogP contribution is -1.99. The molecular weight excluding hydrogens is 198 g/mol. The summed E-state index contributed by atoms with van der Waals surface area (Å²) in [7, 11) is 0. The lowest BCUT2D eigenvalue weighted by molar-refractivity contribution is 0.685. The van der Waals surface area contributed by atoms with E-state index in [1.807, 2.05) is 31.5 Å². The van der Waals surface area contributed by atoms with Crippen LogP contribution >= 0.6 is 0 Å². The highest BCUT2D eigenvalue weighted by Crippen LogP contribution is 2.22. The van der Waals surface area contributed by atoms with Crippen LogP contribution < -0.4 is 5.73 Å². The van der Waals surface area contributed by atoms with E-state index < -0.39 is 0 Å². The van der Waals surface area contributed by atoms with E-state index in [1.54, 1.807) is 0 Å². The number of anilines is 1. The van der Waals surface area contributed by atoms with Gasteiger partial charge in [-0.25, -0.2) is 4.98 Å². The van der Waals surface area contributed by atoms with Crippen molar-refractivity contribution < 1.29 is 0 Å². The van der Waals surface area contributed by atoms with Crippen LogP contribution in [0.3, 0.4) is 0 Å². The van der Waals surface area contributed by atoms with Crippen LogP contribution in [0.15, 0.2) is 30.6 Å². The summed E-state index contributed by atoms with van der Waals surface area (Å²) in [6.07, 6.45) is 4.97. The Morgan fingerprint density at radius 2 is 2.19 bits per heavy atom. The minimum atomic E-state index is 0.831. The van der Waals surface area contributed by atoms with E-state index in [1.165, 1.54) is 0 Å². The second-order valence-electron chi connectivity index (χ2n) is 4.02. The molecule has 1 aromatic heterocycles. The maximum atomic E-state index is 5.81. The second kappa shape index (κ2) is 4.39. The van der Waals surface area contributed by atoms with Crippen LogP contribution in [0.4, 0.5) is 5.69 Å². The van der Waals surface area contributed by atoms with Gasteiger partial charge in [0.05, 0.1) is 0 Å². The van der Waals surface area contributed by atoms with Crippen LogP contribution in [0.5, 0.6) is 0 Å². The van der Waals surface area contributed by atoms with Gasteiger partial charge in [-0.3, -0.25) is 0 Å². The fourth-order valence-corrected chi connectivity index (χ4v) is 1.81. The van der Waals surface area contributed by atoms with Gasteiger partial charge in [0.1, 0.15) is 5.82 Å². The van der Waals surface area contributed by atoms with E-state index in [0.717, 1.165) is 35.6 Å². The number of benzene rings is 1. The van der Waals surface area contributed by atoms with Gasteiger partial charge < -0.3 is 10.3 Å². The zero-order valence-corrected chi connectivity index (χ0v) is 9.77. The Balaban J connectivity index is 2.42. The fourth-order valence-electron chi connectivity index (χ4n) is 1.81. The average Bonchev–Trinajstić information content (AvgIpc) is 2.71. The predicted molar refractivity (Wildman–Crippen MR) is 67.1 cm³/mol. The zero-order valence-electron chi connectivity index (χ0n) is 9.77. The minimum absolute atomic E-state index is 0.831. The first-order chi connectivity index (χ1) is 7.72. The van der Waals surface area contributed by atoms with Gasteiger partial charge in [0.25, 0.3) is 0 Å². The maximum absolute atomic E-state index is 5.81. The summed E-state index contributed by atoms with van der Waals surface area (Å²) < 4.78 is 2.17. The van der Waals surface area contributed by atoms with Crippen molar-refractivity contribution in [1.82, 2.24) is 9.55 Å². The number of nitrogens with two attached hydrogens (primary N) is 1. The van der Waals surface area contributed by atoms with Crippen molar-refractivity contribution in [2.24, 2.45) is 0 Å². The van der Waals surface area contributed by atoms with Crippen LogP contribution in [0.2, 0.25) is 0 Å². The summed E-state index contributed by atoms with van der Waals surface area (Å²) in [6.45, 7) is 5.18. The minimum Gasteiger partial charge on any atom is -0.399 e. The van der Waals surface area contributed by atoms with Crippen molar-refractivity contribution in [3.05, 3.63) is 36.2 Å². The van der Waals surface area contributed by atoms with Gasteiger partial charge in [-0.15, -0.1) is 0 Å². The van der Waals surface area contributed by atoms with Crippen LogP contribution in [-0.2, 0) is 6.54 Å². The third-order valence-corrected chi connectivity index (χ3v) is 2.71. The van der Waals surface area contributed by atoms with Crippen molar-refractivity contribution in [2.45, 2.75) is 26.8 Å². The molecule has 2 N–H and O–H groups in total. The molecule has 1 heterocycles. The third kappa shape index (κ3) is 1.94. The van der Waals surface area contributed by atoms with Gasteiger partial charge >= 0.3 is 0 Å². The maximum Gasteiger partial charge on any atom is 0.139 e. The number of nitrogens with zero attached hydrogens (tertiary/aromatic N) is 2. The van der Waals surface area contributed by atoms with E-state index in [0.29, 0.717) is 0 Å². The summed E-state index contributed by atoms with van der Waals surface area (Å²) in [6, 6.07) is 6.05. The predicted octanol–water partition coefficient (Wildman–Crippen LogP) is 2.85. The SMILES string of the molecule is CCCn1ccnc1-c1ccc(N)c(C)c1. The number of aromatic nitrogens is 2. The molecule has 84 valence electrons. The lowest BCUT2D eigenvalue weighted by Gasteiger charge is -2.08. The van der Waals surface area contributed by atoms with Gasteiger partial charge in [0, 0.05) is 30.2 Å². The van der Waals surface area contributed by atoms with Crippen molar-refractivity contribution in [3.63, 3.8) is 0 Å². The summed E-state index contributed by atoms with van der Waals surface area (Å²) >= 11 is 0. The third-order valence-electron chi connectivity index (χ3n) is 2.71. The number of rotatable bonds is 3. The summed E-state index contributed by atoms with van der Waals surface area (Å²) in [4.78, 5) is 4.40. The summed E-state index contributed by atoms with van der Waals surface area (Å²) in [5, 5.41) is 0. The Morgan fingerprint density at radius 3 is 2.88 bits per heavy atom. The summed E-state index contributed by atoms with van der Waals surface area (Å²) in [5.41, 5.74) is 8.87. The molecule has 0 fully saturated rings. The fraction of sp³-hybridized carbons (Fsp3) is 0.308. The van der Waals surface area contributed by atoms with Crippen LogP contribution in [0, 0.1) is 6.92 Å². The van der Waals surface area contributed by atoms with Crippen molar-refractivity contribution in [1.29, 1.82) is 0 Å². The Labute approximate surface area is 95.9 Å². The number of hydrogen-bond acceptors (Lipinski definition) is 2. The number of aryl methyl sites for hydroxylation is 2. The smallest absolute Gasteiger partial charge is 0.139 e. The molecule has 3 nitrogen and oxygen atoms in total. The van der Waals surface area contributed by atoms with Gasteiger partial charge in [-0.1, -0.05) is 6.92 Å². The lowest BCUT2D eigenvalue weighted by atomic mass is 10.1. The van der Waals surface area contributed by atoms with Gasteiger partial charge in [0.2, 0.25) is 0 Å². The van der Waals surface area contributed by atoms with Crippen LogP contribution in [0.1, 0.15) is 18.9 Å². The topological polar surface area (TPSA) is 43.8 Å². The highest BCUT2D eigenvalue weighted by atomic mass is 15.1. The quantitative estimate of drug-likeness (QED) is 0.800. The summed E-state index contributed by atoms with van der Waals surface area (Å²) in [5.74, 6) is 1.02. The molecule has 0 aliphatic heterocycles. The molecule has 0 spiro atoms.